The zero-order chi connectivity index (χ0) is 14.3. The van der Waals surface area contributed by atoms with Gasteiger partial charge in [-0.1, -0.05) is 50.9 Å². The van der Waals surface area contributed by atoms with Gasteiger partial charge in [-0.3, -0.25) is 0 Å². The minimum absolute atomic E-state index is 0.528. The number of halogens is 1. The molecule has 0 bridgehead atoms. The van der Waals surface area contributed by atoms with Crippen molar-refractivity contribution in [3.63, 3.8) is 0 Å². The predicted octanol–water partition coefficient (Wildman–Crippen LogP) is 5.00. The molecule has 0 amide bonds. The van der Waals surface area contributed by atoms with Gasteiger partial charge in [0.05, 0.1) is 0 Å². The van der Waals surface area contributed by atoms with Crippen LogP contribution in [0.15, 0.2) is 18.2 Å². The summed E-state index contributed by atoms with van der Waals surface area (Å²) in [7, 11) is 0. The van der Waals surface area contributed by atoms with E-state index in [1.807, 2.05) is 0 Å². The molecular weight excluding hydrogens is 254 g/mol. The fourth-order valence-corrected chi connectivity index (χ4v) is 2.83. The van der Waals surface area contributed by atoms with Crippen molar-refractivity contribution in [3.8, 4) is 0 Å². The molecule has 0 saturated carbocycles. The van der Waals surface area contributed by atoms with Crippen LogP contribution in [-0.2, 0) is 6.42 Å². The average Bonchev–Trinajstić information content (AvgIpc) is 2.37. The zero-order valence-electron chi connectivity index (χ0n) is 12.8. The molecule has 0 radical (unpaired) electrons. The number of hydrogen-bond donors (Lipinski definition) is 1. The van der Waals surface area contributed by atoms with Gasteiger partial charge in [0.15, 0.2) is 0 Å². The van der Waals surface area contributed by atoms with E-state index in [-0.39, 0.29) is 0 Å². The molecule has 0 aromatic heterocycles. The molecule has 1 aromatic carbocycles. The maximum atomic E-state index is 6.36. The zero-order valence-corrected chi connectivity index (χ0v) is 13.6. The van der Waals surface area contributed by atoms with Crippen molar-refractivity contribution in [2.75, 3.05) is 6.54 Å². The molecule has 0 fully saturated rings. The fraction of sp³-hybridized carbons (Fsp3) is 0.647. The Labute approximate surface area is 123 Å². The van der Waals surface area contributed by atoms with Crippen LogP contribution in [0.5, 0.6) is 0 Å². The molecule has 1 rings (SSSR count). The van der Waals surface area contributed by atoms with E-state index in [4.69, 9.17) is 11.6 Å². The summed E-state index contributed by atoms with van der Waals surface area (Å²) in [5, 5.41) is 4.59. The van der Waals surface area contributed by atoms with Gasteiger partial charge in [-0.05, 0) is 55.8 Å². The number of aryl methyl sites for hydroxylation is 1. The molecule has 0 heterocycles. The van der Waals surface area contributed by atoms with E-state index < -0.39 is 0 Å². The van der Waals surface area contributed by atoms with E-state index in [9.17, 15) is 0 Å². The van der Waals surface area contributed by atoms with Gasteiger partial charge in [0.25, 0.3) is 0 Å². The molecule has 2 unspecified atom stereocenters. The molecular formula is C17H28ClN. The third-order valence-corrected chi connectivity index (χ3v) is 4.09. The summed E-state index contributed by atoms with van der Waals surface area (Å²) in [6.45, 7) is 9.99. The van der Waals surface area contributed by atoms with Crippen molar-refractivity contribution < 1.29 is 0 Å². The topological polar surface area (TPSA) is 12.0 Å². The number of nitrogens with one attached hydrogen (secondary N) is 1. The van der Waals surface area contributed by atoms with E-state index in [2.05, 4.69) is 51.2 Å². The Morgan fingerprint density at radius 1 is 1.21 bits per heavy atom. The van der Waals surface area contributed by atoms with Gasteiger partial charge in [-0.2, -0.15) is 0 Å². The van der Waals surface area contributed by atoms with Crippen molar-refractivity contribution in [3.05, 3.63) is 34.3 Å². The monoisotopic (exact) mass is 281 g/mol. The maximum absolute atomic E-state index is 6.36. The highest BCUT2D eigenvalue weighted by molar-refractivity contribution is 6.31. The van der Waals surface area contributed by atoms with Crippen LogP contribution < -0.4 is 5.32 Å². The van der Waals surface area contributed by atoms with E-state index in [1.54, 1.807) is 0 Å². The van der Waals surface area contributed by atoms with Gasteiger partial charge in [-0.25, -0.2) is 0 Å². The first kappa shape index (κ1) is 16.5. The number of rotatable bonds is 8. The van der Waals surface area contributed by atoms with Crippen LogP contribution in [0.1, 0.15) is 51.2 Å². The first-order valence-corrected chi connectivity index (χ1v) is 7.94. The molecule has 0 aliphatic heterocycles. The Bertz CT molecular complexity index is 376. The quantitative estimate of drug-likeness (QED) is 0.707. The fourth-order valence-electron chi connectivity index (χ4n) is 2.52. The Morgan fingerprint density at radius 3 is 2.53 bits per heavy atom. The second-order valence-electron chi connectivity index (χ2n) is 5.63. The summed E-state index contributed by atoms with van der Waals surface area (Å²) < 4.78 is 0. The predicted molar refractivity (Wildman–Crippen MR) is 86.0 cm³/mol. The first-order valence-electron chi connectivity index (χ1n) is 7.56. The Hall–Kier alpha value is -0.530. The molecule has 1 N–H and O–H groups in total. The Kier molecular flexibility index (Phi) is 7.48. The molecule has 108 valence electrons. The molecule has 1 nitrogen and oxygen atoms in total. The molecule has 1 aromatic rings. The molecule has 2 heteroatoms. The molecule has 0 spiro atoms. The molecule has 19 heavy (non-hydrogen) atoms. The second kappa shape index (κ2) is 8.60. The first-order chi connectivity index (χ1) is 9.08. The van der Waals surface area contributed by atoms with Crippen LogP contribution in [0.4, 0.5) is 0 Å². The summed E-state index contributed by atoms with van der Waals surface area (Å²) in [6, 6.07) is 6.93. The van der Waals surface area contributed by atoms with Gasteiger partial charge in [0.2, 0.25) is 0 Å². The summed E-state index contributed by atoms with van der Waals surface area (Å²) in [5.41, 5.74) is 2.50. The number of benzene rings is 1. The summed E-state index contributed by atoms with van der Waals surface area (Å²) in [5.74, 6) is 0.689. The van der Waals surface area contributed by atoms with Gasteiger partial charge in [-0.15, -0.1) is 0 Å². The van der Waals surface area contributed by atoms with Gasteiger partial charge in [0, 0.05) is 11.1 Å². The minimum atomic E-state index is 0.528. The highest BCUT2D eigenvalue weighted by Gasteiger charge is 2.17. The van der Waals surface area contributed by atoms with Crippen molar-refractivity contribution >= 4 is 11.6 Å². The third kappa shape index (κ3) is 5.54. The maximum Gasteiger partial charge on any atom is 0.0441 e. The number of hydrogen-bond acceptors (Lipinski definition) is 1. The van der Waals surface area contributed by atoms with Crippen LogP contribution in [-0.4, -0.2) is 12.6 Å². The normalized spacial score (nSPS) is 14.4. The third-order valence-electron chi connectivity index (χ3n) is 3.74. The lowest BCUT2D eigenvalue weighted by Gasteiger charge is -2.25. The van der Waals surface area contributed by atoms with Crippen molar-refractivity contribution in [2.24, 2.45) is 5.92 Å². The van der Waals surface area contributed by atoms with Crippen LogP contribution in [0.25, 0.3) is 0 Å². The standard InChI is InChI=1S/C17H28ClN/c1-5-7-14(4)17(19-10-6-2)12-15-9-8-13(3)11-16(15)18/h8-9,11,14,17,19H,5-7,10,12H2,1-4H3. The van der Waals surface area contributed by atoms with Crippen LogP contribution in [0, 0.1) is 12.8 Å². The van der Waals surface area contributed by atoms with Gasteiger partial charge in [0.1, 0.15) is 0 Å². The Morgan fingerprint density at radius 2 is 1.95 bits per heavy atom. The van der Waals surface area contributed by atoms with Crippen LogP contribution in [0.3, 0.4) is 0 Å². The largest absolute Gasteiger partial charge is 0.313 e. The van der Waals surface area contributed by atoms with E-state index in [1.165, 1.54) is 30.4 Å². The van der Waals surface area contributed by atoms with Crippen LogP contribution >= 0.6 is 11.6 Å². The molecule has 0 saturated heterocycles. The van der Waals surface area contributed by atoms with E-state index in [0.29, 0.717) is 12.0 Å². The van der Waals surface area contributed by atoms with E-state index >= 15 is 0 Å². The van der Waals surface area contributed by atoms with Gasteiger partial charge < -0.3 is 5.32 Å². The van der Waals surface area contributed by atoms with Crippen molar-refractivity contribution in [1.29, 1.82) is 0 Å². The lowest BCUT2D eigenvalue weighted by molar-refractivity contribution is 0.352. The van der Waals surface area contributed by atoms with Crippen LogP contribution in [0.2, 0.25) is 5.02 Å². The Balaban J connectivity index is 2.74. The van der Waals surface area contributed by atoms with E-state index in [0.717, 1.165) is 18.0 Å². The lowest BCUT2D eigenvalue weighted by Crippen LogP contribution is -2.37. The minimum Gasteiger partial charge on any atom is -0.313 e. The summed E-state index contributed by atoms with van der Waals surface area (Å²) in [6.07, 6.45) is 4.72. The molecule has 0 aliphatic rings. The summed E-state index contributed by atoms with van der Waals surface area (Å²) >= 11 is 6.36. The smallest absolute Gasteiger partial charge is 0.0441 e. The SMILES string of the molecule is CCCNC(Cc1ccc(C)cc1Cl)C(C)CCC. The summed E-state index contributed by atoms with van der Waals surface area (Å²) in [4.78, 5) is 0. The van der Waals surface area contributed by atoms with Gasteiger partial charge >= 0.3 is 0 Å². The van der Waals surface area contributed by atoms with Crippen molar-refractivity contribution in [1.82, 2.24) is 5.32 Å². The van der Waals surface area contributed by atoms with Crippen molar-refractivity contribution in [2.45, 2.75) is 59.4 Å². The highest BCUT2D eigenvalue weighted by Crippen LogP contribution is 2.22. The molecule has 0 aliphatic carbocycles. The highest BCUT2D eigenvalue weighted by atomic mass is 35.5. The molecule has 2 atom stereocenters. The lowest BCUT2D eigenvalue weighted by atomic mass is 9.91. The average molecular weight is 282 g/mol. The second-order valence-corrected chi connectivity index (χ2v) is 6.03.